The number of thioether (sulfide) groups is 1. The van der Waals surface area contributed by atoms with Crippen molar-refractivity contribution < 1.29 is 9.53 Å². The van der Waals surface area contributed by atoms with Gasteiger partial charge in [0.2, 0.25) is 5.91 Å². The highest BCUT2D eigenvalue weighted by atomic mass is 79.9. The van der Waals surface area contributed by atoms with E-state index in [0.29, 0.717) is 28.9 Å². The van der Waals surface area contributed by atoms with Gasteiger partial charge in [0, 0.05) is 26.2 Å². The Morgan fingerprint density at radius 2 is 2.19 bits per heavy atom. The number of halogens is 3. The Morgan fingerprint density at radius 1 is 1.33 bits per heavy atom. The molecule has 1 saturated heterocycles. The number of benzene rings is 1. The standard InChI is InChI=1S/C18H19BrCl2N2O2S2/c19-16-3-4-18(27-16)26-11-17(24)22-8-13-10-23(5-6-25-13)9-12-1-2-14(20)15(21)7-12/h1-4,7,13H,5-6,8-11H2,(H,22,24)/t13-/m0/s1. The van der Waals surface area contributed by atoms with Gasteiger partial charge in [0.05, 0.1) is 36.5 Å². The Kier molecular flexibility index (Phi) is 8.32. The number of rotatable bonds is 7. The molecule has 1 aromatic carbocycles. The predicted octanol–water partition coefficient (Wildman–Crippen LogP) is 4.93. The third-order valence-corrected chi connectivity index (χ3v) is 7.62. The highest BCUT2D eigenvalue weighted by molar-refractivity contribution is 9.11. The molecule has 4 nitrogen and oxygen atoms in total. The molecule has 9 heteroatoms. The molecule has 0 radical (unpaired) electrons. The van der Waals surface area contributed by atoms with Gasteiger partial charge in [-0.1, -0.05) is 29.3 Å². The van der Waals surface area contributed by atoms with Crippen LogP contribution >= 0.6 is 62.2 Å². The number of carbonyl (C=O) groups is 1. The maximum absolute atomic E-state index is 12.1. The Morgan fingerprint density at radius 3 is 2.93 bits per heavy atom. The fraction of sp³-hybridized carbons (Fsp3) is 0.389. The van der Waals surface area contributed by atoms with Crippen LogP contribution in [-0.2, 0) is 16.1 Å². The van der Waals surface area contributed by atoms with Crippen molar-refractivity contribution in [1.82, 2.24) is 10.2 Å². The van der Waals surface area contributed by atoms with Crippen LogP contribution in [0.3, 0.4) is 0 Å². The van der Waals surface area contributed by atoms with Crippen molar-refractivity contribution in [3.63, 3.8) is 0 Å². The predicted molar refractivity (Wildman–Crippen MR) is 117 cm³/mol. The van der Waals surface area contributed by atoms with Crippen molar-refractivity contribution in [2.75, 3.05) is 32.0 Å². The average molecular weight is 510 g/mol. The summed E-state index contributed by atoms with van der Waals surface area (Å²) in [5.41, 5.74) is 1.12. The summed E-state index contributed by atoms with van der Waals surface area (Å²) in [5.74, 6) is 0.432. The van der Waals surface area contributed by atoms with E-state index < -0.39 is 0 Å². The lowest BCUT2D eigenvalue weighted by Crippen LogP contribution is -2.47. The number of hydrogen-bond donors (Lipinski definition) is 1. The number of amides is 1. The Bertz CT molecular complexity index is 790. The van der Waals surface area contributed by atoms with Crippen molar-refractivity contribution in [3.8, 4) is 0 Å². The molecule has 1 fully saturated rings. The molecule has 1 aromatic heterocycles. The highest BCUT2D eigenvalue weighted by Crippen LogP contribution is 2.30. The van der Waals surface area contributed by atoms with E-state index in [9.17, 15) is 4.79 Å². The molecule has 0 unspecified atom stereocenters. The molecule has 1 atom stereocenters. The van der Waals surface area contributed by atoms with Crippen molar-refractivity contribution in [2.45, 2.75) is 16.9 Å². The van der Waals surface area contributed by atoms with Crippen molar-refractivity contribution in [1.29, 1.82) is 0 Å². The van der Waals surface area contributed by atoms with E-state index in [2.05, 4.69) is 26.1 Å². The third-order valence-electron chi connectivity index (χ3n) is 4.03. The number of hydrogen-bond acceptors (Lipinski definition) is 5. The van der Waals surface area contributed by atoms with Gasteiger partial charge in [0.15, 0.2) is 0 Å². The van der Waals surface area contributed by atoms with Gasteiger partial charge in [-0.05, 0) is 45.8 Å². The zero-order valence-electron chi connectivity index (χ0n) is 14.4. The van der Waals surface area contributed by atoms with E-state index in [0.717, 1.165) is 33.2 Å². The molecule has 0 bridgehead atoms. The van der Waals surface area contributed by atoms with E-state index in [4.69, 9.17) is 27.9 Å². The lowest BCUT2D eigenvalue weighted by molar-refractivity contribution is -0.119. The molecule has 3 rings (SSSR count). The van der Waals surface area contributed by atoms with Gasteiger partial charge >= 0.3 is 0 Å². The van der Waals surface area contributed by atoms with Crippen LogP contribution in [0.4, 0.5) is 0 Å². The van der Waals surface area contributed by atoms with Gasteiger partial charge in [0.1, 0.15) is 0 Å². The summed E-state index contributed by atoms with van der Waals surface area (Å²) in [6.07, 6.45) is -0.00801. The van der Waals surface area contributed by atoms with E-state index in [-0.39, 0.29) is 12.0 Å². The van der Waals surface area contributed by atoms with Crippen molar-refractivity contribution >= 4 is 68.1 Å². The minimum absolute atomic E-state index is 0.00801. The van der Waals surface area contributed by atoms with Crippen LogP contribution in [0, 0.1) is 0 Å². The second kappa shape index (κ2) is 10.5. The SMILES string of the molecule is O=C(CSc1ccc(Br)s1)NC[C@H]1CN(Cc2ccc(Cl)c(Cl)c2)CCO1. The molecular weight excluding hydrogens is 491 g/mol. The number of nitrogens with one attached hydrogen (secondary N) is 1. The summed E-state index contributed by atoms with van der Waals surface area (Å²) in [5, 5.41) is 4.11. The summed E-state index contributed by atoms with van der Waals surface area (Å²) in [7, 11) is 0. The monoisotopic (exact) mass is 508 g/mol. The van der Waals surface area contributed by atoms with Crippen LogP contribution < -0.4 is 5.32 Å². The minimum Gasteiger partial charge on any atom is -0.374 e. The lowest BCUT2D eigenvalue weighted by Gasteiger charge is -2.33. The van der Waals surface area contributed by atoms with Crippen LogP contribution in [0.25, 0.3) is 0 Å². The molecule has 2 aromatic rings. The number of morpholine rings is 1. The largest absolute Gasteiger partial charge is 0.374 e. The number of carbonyl (C=O) groups excluding carboxylic acids is 1. The quantitative estimate of drug-likeness (QED) is 0.537. The molecule has 27 heavy (non-hydrogen) atoms. The van der Waals surface area contributed by atoms with Crippen molar-refractivity contribution in [2.24, 2.45) is 0 Å². The highest BCUT2D eigenvalue weighted by Gasteiger charge is 2.21. The summed E-state index contributed by atoms with van der Waals surface area (Å²) in [4.78, 5) is 14.4. The first-order valence-electron chi connectivity index (χ1n) is 8.42. The maximum Gasteiger partial charge on any atom is 0.230 e. The fourth-order valence-electron chi connectivity index (χ4n) is 2.73. The third kappa shape index (κ3) is 6.92. The van der Waals surface area contributed by atoms with Gasteiger partial charge in [-0.15, -0.1) is 23.1 Å². The maximum atomic E-state index is 12.1. The smallest absolute Gasteiger partial charge is 0.230 e. The van der Waals surface area contributed by atoms with Crippen molar-refractivity contribution in [3.05, 3.63) is 49.7 Å². The second-order valence-electron chi connectivity index (χ2n) is 6.13. The van der Waals surface area contributed by atoms with Crippen LogP contribution in [0.15, 0.2) is 38.3 Å². The van der Waals surface area contributed by atoms with E-state index in [1.807, 2.05) is 30.3 Å². The van der Waals surface area contributed by atoms with Crippen LogP contribution in [-0.4, -0.2) is 48.9 Å². The van der Waals surface area contributed by atoms with E-state index >= 15 is 0 Å². The van der Waals surface area contributed by atoms with Crippen LogP contribution in [0.5, 0.6) is 0 Å². The first-order valence-corrected chi connectivity index (χ1v) is 11.8. The summed E-state index contributed by atoms with van der Waals surface area (Å²) in [6.45, 7) is 3.58. The number of thiophene rings is 1. The first kappa shape index (κ1) is 21.4. The second-order valence-corrected chi connectivity index (χ2v) is 10.7. The molecule has 1 amide bonds. The summed E-state index contributed by atoms with van der Waals surface area (Å²) < 4.78 is 7.99. The lowest BCUT2D eigenvalue weighted by atomic mass is 10.2. The molecular formula is C18H19BrCl2N2O2S2. The summed E-state index contributed by atoms with van der Waals surface area (Å²) in [6, 6.07) is 9.71. The molecule has 146 valence electrons. The first-order chi connectivity index (χ1) is 13.0. The van der Waals surface area contributed by atoms with Gasteiger partial charge in [0.25, 0.3) is 0 Å². The van der Waals surface area contributed by atoms with Crippen LogP contribution in [0.1, 0.15) is 5.56 Å². The number of ether oxygens (including phenoxy) is 1. The molecule has 1 aliphatic heterocycles. The zero-order valence-corrected chi connectivity index (χ0v) is 19.2. The molecule has 0 aliphatic carbocycles. The molecule has 1 N–H and O–H groups in total. The van der Waals surface area contributed by atoms with Gasteiger partial charge in [-0.2, -0.15) is 0 Å². The molecule has 2 heterocycles. The van der Waals surface area contributed by atoms with Gasteiger partial charge in [-0.25, -0.2) is 0 Å². The average Bonchev–Trinajstić information content (AvgIpc) is 3.07. The molecule has 0 spiro atoms. The molecule has 0 saturated carbocycles. The summed E-state index contributed by atoms with van der Waals surface area (Å²) >= 11 is 18.7. The van der Waals surface area contributed by atoms with E-state index in [1.54, 1.807) is 23.1 Å². The van der Waals surface area contributed by atoms with Gasteiger partial charge in [-0.3, -0.25) is 9.69 Å². The Balaban J connectivity index is 1.41. The zero-order chi connectivity index (χ0) is 19.2. The Labute approximate surface area is 185 Å². The Hall–Kier alpha value is -0.280. The van der Waals surface area contributed by atoms with Crippen LogP contribution in [0.2, 0.25) is 10.0 Å². The topological polar surface area (TPSA) is 41.6 Å². The fourth-order valence-corrected chi connectivity index (χ4v) is 5.72. The molecule has 1 aliphatic rings. The van der Waals surface area contributed by atoms with E-state index in [1.165, 1.54) is 0 Å². The minimum atomic E-state index is -0.00801. The normalized spacial score (nSPS) is 17.8. The number of nitrogens with zero attached hydrogens (tertiary/aromatic N) is 1. The van der Waals surface area contributed by atoms with Gasteiger partial charge < -0.3 is 10.1 Å².